The van der Waals surface area contributed by atoms with Gasteiger partial charge in [-0.05, 0) is 32.9 Å². The van der Waals surface area contributed by atoms with Crippen LogP contribution < -0.4 is 5.73 Å². The van der Waals surface area contributed by atoms with E-state index in [1.165, 1.54) is 0 Å². The van der Waals surface area contributed by atoms with Gasteiger partial charge in [0.1, 0.15) is 11.5 Å². The van der Waals surface area contributed by atoms with Gasteiger partial charge < -0.3 is 15.1 Å². The van der Waals surface area contributed by atoms with E-state index in [4.69, 9.17) is 16.6 Å². The van der Waals surface area contributed by atoms with Crippen LogP contribution in [0.2, 0.25) is 0 Å². The Morgan fingerprint density at radius 3 is 2.67 bits per heavy atom. The fourth-order valence-electron chi connectivity index (χ4n) is 1.68. The van der Waals surface area contributed by atoms with Crippen LogP contribution in [0.25, 0.3) is 0 Å². The Labute approximate surface area is 108 Å². The summed E-state index contributed by atoms with van der Waals surface area (Å²) in [5.41, 5.74) is 5.76. The molecule has 1 heterocycles. The number of nitrogens with zero attached hydrogens (tertiary/aromatic N) is 1. The van der Waals surface area contributed by atoms with Gasteiger partial charge in [-0.15, -0.1) is 12.3 Å². The fourth-order valence-corrected chi connectivity index (χ4v) is 1.68. The molecule has 1 rings (SSSR count). The Kier molecular flexibility index (Phi) is 4.99. The van der Waals surface area contributed by atoms with Crippen molar-refractivity contribution in [2.75, 3.05) is 0 Å². The van der Waals surface area contributed by atoms with E-state index in [-0.39, 0.29) is 18.4 Å². The van der Waals surface area contributed by atoms with Gasteiger partial charge in [0, 0.05) is 12.5 Å². The van der Waals surface area contributed by atoms with Crippen molar-refractivity contribution < 1.29 is 9.21 Å². The second-order valence-corrected chi connectivity index (χ2v) is 4.59. The summed E-state index contributed by atoms with van der Waals surface area (Å²) in [5, 5.41) is 0. The van der Waals surface area contributed by atoms with E-state index in [0.717, 1.165) is 11.5 Å². The molecule has 18 heavy (non-hydrogen) atoms. The third-order valence-electron chi connectivity index (χ3n) is 2.68. The summed E-state index contributed by atoms with van der Waals surface area (Å²) in [6, 6.07) is 3.14. The third-order valence-corrected chi connectivity index (χ3v) is 2.68. The Hall–Kier alpha value is -1.73. The minimum atomic E-state index is -0.645. The smallest absolute Gasteiger partial charge is 0.241 e. The SMILES string of the molecule is C#CCC(N)C(=O)N(Cc1ccc(C)o1)C(C)C. The number of nitrogens with two attached hydrogens (primary N) is 1. The zero-order valence-electron chi connectivity index (χ0n) is 11.1. The summed E-state index contributed by atoms with van der Waals surface area (Å²) >= 11 is 0. The zero-order valence-corrected chi connectivity index (χ0v) is 11.1. The van der Waals surface area contributed by atoms with Gasteiger partial charge in [-0.1, -0.05) is 0 Å². The molecule has 1 unspecified atom stereocenters. The molecule has 0 fully saturated rings. The summed E-state index contributed by atoms with van der Waals surface area (Å²) in [6.07, 6.45) is 5.43. The van der Waals surface area contributed by atoms with Crippen LogP contribution in [-0.4, -0.2) is 22.9 Å². The van der Waals surface area contributed by atoms with Crippen molar-refractivity contribution in [3.63, 3.8) is 0 Å². The average molecular weight is 248 g/mol. The van der Waals surface area contributed by atoms with Gasteiger partial charge in [0.15, 0.2) is 0 Å². The topological polar surface area (TPSA) is 59.5 Å². The van der Waals surface area contributed by atoms with Gasteiger partial charge >= 0.3 is 0 Å². The average Bonchev–Trinajstić information content (AvgIpc) is 2.71. The normalized spacial score (nSPS) is 12.2. The van der Waals surface area contributed by atoms with Crippen LogP contribution in [0.3, 0.4) is 0 Å². The van der Waals surface area contributed by atoms with Crippen molar-refractivity contribution in [2.24, 2.45) is 5.73 Å². The first-order valence-corrected chi connectivity index (χ1v) is 6.00. The molecule has 0 aliphatic rings. The van der Waals surface area contributed by atoms with E-state index < -0.39 is 6.04 Å². The lowest BCUT2D eigenvalue weighted by atomic mass is 10.1. The minimum absolute atomic E-state index is 0.0479. The number of amides is 1. The highest BCUT2D eigenvalue weighted by molar-refractivity contribution is 5.82. The maximum atomic E-state index is 12.1. The summed E-state index contributed by atoms with van der Waals surface area (Å²) in [6.45, 7) is 6.17. The van der Waals surface area contributed by atoms with Gasteiger partial charge in [0.25, 0.3) is 0 Å². The number of rotatable bonds is 5. The first-order chi connectivity index (χ1) is 8.45. The monoisotopic (exact) mass is 248 g/mol. The van der Waals surface area contributed by atoms with Crippen molar-refractivity contribution in [3.8, 4) is 12.3 Å². The molecule has 4 heteroatoms. The van der Waals surface area contributed by atoms with Crippen LogP contribution in [0.4, 0.5) is 0 Å². The van der Waals surface area contributed by atoms with Crippen molar-refractivity contribution in [3.05, 3.63) is 23.7 Å². The molecular formula is C14H20N2O2. The molecule has 1 amide bonds. The largest absolute Gasteiger partial charge is 0.464 e. The minimum Gasteiger partial charge on any atom is -0.464 e. The molecule has 1 aromatic rings. The molecule has 0 aliphatic heterocycles. The quantitative estimate of drug-likeness (QED) is 0.806. The Morgan fingerprint density at radius 2 is 2.22 bits per heavy atom. The van der Waals surface area contributed by atoms with Gasteiger partial charge in [-0.3, -0.25) is 4.79 Å². The van der Waals surface area contributed by atoms with E-state index >= 15 is 0 Å². The highest BCUT2D eigenvalue weighted by atomic mass is 16.3. The molecule has 1 atom stereocenters. The van der Waals surface area contributed by atoms with E-state index in [2.05, 4.69) is 5.92 Å². The second-order valence-electron chi connectivity index (χ2n) is 4.59. The molecular weight excluding hydrogens is 228 g/mol. The van der Waals surface area contributed by atoms with Gasteiger partial charge in [0.2, 0.25) is 5.91 Å². The highest BCUT2D eigenvalue weighted by Gasteiger charge is 2.23. The number of carbonyl (C=O) groups excluding carboxylic acids is 1. The summed E-state index contributed by atoms with van der Waals surface area (Å²) in [5.74, 6) is 3.85. The third kappa shape index (κ3) is 3.64. The van der Waals surface area contributed by atoms with Crippen LogP contribution >= 0.6 is 0 Å². The number of hydrogen-bond acceptors (Lipinski definition) is 3. The number of hydrogen-bond donors (Lipinski definition) is 1. The summed E-state index contributed by atoms with van der Waals surface area (Å²) in [4.78, 5) is 13.8. The lowest BCUT2D eigenvalue weighted by Crippen LogP contribution is -2.46. The van der Waals surface area contributed by atoms with Crippen molar-refractivity contribution >= 4 is 5.91 Å². The predicted molar refractivity (Wildman–Crippen MR) is 70.6 cm³/mol. The molecule has 0 saturated carbocycles. The highest BCUT2D eigenvalue weighted by Crippen LogP contribution is 2.13. The summed E-state index contributed by atoms with van der Waals surface area (Å²) in [7, 11) is 0. The van der Waals surface area contributed by atoms with Crippen LogP contribution in [0.5, 0.6) is 0 Å². The molecule has 2 N–H and O–H groups in total. The summed E-state index contributed by atoms with van der Waals surface area (Å²) < 4.78 is 5.48. The zero-order chi connectivity index (χ0) is 13.7. The molecule has 0 saturated heterocycles. The van der Waals surface area contributed by atoms with Crippen molar-refractivity contribution in [1.82, 2.24) is 4.90 Å². The molecule has 0 aromatic carbocycles. The fraction of sp³-hybridized carbons (Fsp3) is 0.500. The maximum absolute atomic E-state index is 12.1. The standard InChI is InChI=1S/C14H20N2O2/c1-5-6-13(15)14(17)16(10(2)3)9-12-8-7-11(4)18-12/h1,7-8,10,13H,6,9,15H2,2-4H3. The van der Waals surface area contributed by atoms with E-state index in [1.54, 1.807) is 4.90 Å². The van der Waals surface area contributed by atoms with Crippen molar-refractivity contribution in [1.29, 1.82) is 0 Å². The Balaban J connectivity index is 2.77. The first kappa shape index (κ1) is 14.3. The molecule has 0 radical (unpaired) electrons. The van der Waals surface area contributed by atoms with E-state index in [1.807, 2.05) is 32.9 Å². The lowest BCUT2D eigenvalue weighted by Gasteiger charge is -2.28. The molecule has 4 nitrogen and oxygen atoms in total. The van der Waals surface area contributed by atoms with E-state index in [0.29, 0.717) is 6.54 Å². The molecule has 98 valence electrons. The maximum Gasteiger partial charge on any atom is 0.241 e. The molecule has 0 aliphatic carbocycles. The van der Waals surface area contributed by atoms with Gasteiger partial charge in [0.05, 0.1) is 12.6 Å². The molecule has 0 bridgehead atoms. The van der Waals surface area contributed by atoms with Crippen LogP contribution in [0.1, 0.15) is 31.8 Å². The van der Waals surface area contributed by atoms with Crippen LogP contribution in [-0.2, 0) is 11.3 Å². The number of terminal acetylenes is 1. The molecule has 1 aromatic heterocycles. The van der Waals surface area contributed by atoms with Crippen molar-refractivity contribution in [2.45, 2.75) is 45.8 Å². The predicted octanol–water partition coefficient (Wildman–Crippen LogP) is 1.68. The van der Waals surface area contributed by atoms with E-state index in [9.17, 15) is 4.79 Å². The number of aryl methyl sites for hydroxylation is 1. The second kappa shape index (κ2) is 6.27. The van der Waals surface area contributed by atoms with Gasteiger partial charge in [-0.25, -0.2) is 0 Å². The number of furan rings is 1. The Bertz CT molecular complexity index is 443. The Morgan fingerprint density at radius 1 is 1.56 bits per heavy atom. The first-order valence-electron chi connectivity index (χ1n) is 6.00. The number of carbonyl (C=O) groups is 1. The van der Waals surface area contributed by atoms with Gasteiger partial charge in [-0.2, -0.15) is 0 Å². The lowest BCUT2D eigenvalue weighted by molar-refractivity contribution is -0.135. The molecule has 0 spiro atoms. The van der Waals surface area contributed by atoms with Crippen LogP contribution in [0.15, 0.2) is 16.5 Å². The van der Waals surface area contributed by atoms with Crippen LogP contribution in [0, 0.1) is 19.3 Å².